The van der Waals surface area contributed by atoms with E-state index < -0.39 is 11.5 Å². The topological polar surface area (TPSA) is 76.0 Å². The molecule has 2 N–H and O–H groups in total. The maximum atomic E-state index is 13.1. The molecule has 2 aromatic rings. The summed E-state index contributed by atoms with van der Waals surface area (Å²) in [6, 6.07) is 7.83. The lowest BCUT2D eigenvalue weighted by Gasteiger charge is -2.33. The number of ether oxygens (including phenoxy) is 2. The van der Waals surface area contributed by atoms with Crippen molar-refractivity contribution >= 4 is 11.9 Å². The van der Waals surface area contributed by atoms with Crippen molar-refractivity contribution in [2.75, 3.05) is 6.61 Å². The Labute approximate surface area is 176 Å². The van der Waals surface area contributed by atoms with Crippen LogP contribution in [0, 0.1) is 0 Å². The zero-order valence-corrected chi connectivity index (χ0v) is 17.4. The van der Waals surface area contributed by atoms with E-state index in [4.69, 9.17) is 9.47 Å². The second-order valence-electron chi connectivity index (χ2n) is 8.43. The van der Waals surface area contributed by atoms with E-state index in [2.05, 4.69) is 26.8 Å². The lowest BCUT2D eigenvalue weighted by atomic mass is 9.86. The van der Waals surface area contributed by atoms with Gasteiger partial charge >= 0.3 is 0 Å². The highest BCUT2D eigenvalue weighted by molar-refractivity contribution is 6.05. The number of allylic oxidation sites excluding steroid dienone is 2. The molecule has 0 spiro atoms. The van der Waals surface area contributed by atoms with E-state index in [-0.39, 0.29) is 23.9 Å². The molecule has 0 saturated heterocycles. The number of aromatic hydroxyl groups is 2. The average Bonchev–Trinajstić information content (AvgIpc) is 2.67. The third-order valence-electron chi connectivity index (χ3n) is 5.64. The van der Waals surface area contributed by atoms with Crippen LogP contribution in [0.1, 0.15) is 61.0 Å². The number of phenols is 2. The second kappa shape index (κ2) is 7.56. The van der Waals surface area contributed by atoms with Gasteiger partial charge in [0, 0.05) is 23.3 Å². The van der Waals surface area contributed by atoms with Crippen molar-refractivity contribution in [3.05, 3.63) is 64.7 Å². The molecule has 0 aliphatic carbocycles. The van der Waals surface area contributed by atoms with Gasteiger partial charge in [-0.25, -0.2) is 0 Å². The van der Waals surface area contributed by atoms with Crippen LogP contribution in [0.4, 0.5) is 0 Å². The summed E-state index contributed by atoms with van der Waals surface area (Å²) in [4.78, 5) is 13.1. The number of benzene rings is 2. The quantitative estimate of drug-likeness (QED) is 0.668. The highest BCUT2D eigenvalue weighted by Gasteiger charge is 2.34. The Morgan fingerprint density at radius 3 is 2.73 bits per heavy atom. The molecule has 2 aliphatic rings. The third kappa shape index (κ3) is 3.80. The van der Waals surface area contributed by atoms with Crippen molar-refractivity contribution in [2.24, 2.45) is 0 Å². The highest BCUT2D eigenvalue weighted by Crippen LogP contribution is 2.42. The molecule has 2 heterocycles. The summed E-state index contributed by atoms with van der Waals surface area (Å²) in [5.74, 6) is 0.285. The molecule has 0 radical (unpaired) electrons. The number of carbonyl (C=O) groups is 1. The van der Waals surface area contributed by atoms with Crippen molar-refractivity contribution < 1.29 is 24.5 Å². The third-order valence-corrected chi connectivity index (χ3v) is 5.64. The van der Waals surface area contributed by atoms with Crippen LogP contribution in [0.5, 0.6) is 23.0 Å². The Bertz CT molecular complexity index is 1060. The first-order valence-corrected chi connectivity index (χ1v) is 10.1. The van der Waals surface area contributed by atoms with Crippen LogP contribution >= 0.6 is 0 Å². The predicted octanol–water partition coefficient (Wildman–Crippen LogP) is 5.37. The van der Waals surface area contributed by atoms with Crippen LogP contribution in [-0.4, -0.2) is 28.2 Å². The molecule has 30 heavy (non-hydrogen) atoms. The standard InChI is InChI=1S/C25H26O5/c1-15(2)5-4-9-25(3)10-8-16-11-19-23(13-22(16)30-25)29-14-20(24(19)28)18-7-6-17(26)12-21(18)27/h5-8,10-13,20,26-27H,4,9,14H2,1-3H3. The number of phenolic OH excluding ortho intramolecular Hbond substituents is 2. The van der Waals surface area contributed by atoms with Crippen molar-refractivity contribution in [1.82, 2.24) is 0 Å². The van der Waals surface area contributed by atoms with Gasteiger partial charge in [-0.15, -0.1) is 0 Å². The van der Waals surface area contributed by atoms with Gasteiger partial charge in [0.15, 0.2) is 5.78 Å². The highest BCUT2D eigenvalue weighted by atomic mass is 16.5. The molecule has 2 aromatic carbocycles. The molecular weight excluding hydrogens is 380 g/mol. The lowest BCUT2D eigenvalue weighted by molar-refractivity contribution is 0.0892. The van der Waals surface area contributed by atoms with Gasteiger partial charge in [-0.3, -0.25) is 4.79 Å². The van der Waals surface area contributed by atoms with Crippen molar-refractivity contribution in [1.29, 1.82) is 0 Å². The van der Waals surface area contributed by atoms with Gasteiger partial charge in [0.25, 0.3) is 0 Å². The van der Waals surface area contributed by atoms with Gasteiger partial charge in [-0.1, -0.05) is 23.8 Å². The molecule has 0 aromatic heterocycles. The van der Waals surface area contributed by atoms with E-state index in [1.165, 1.54) is 17.7 Å². The van der Waals surface area contributed by atoms with Crippen molar-refractivity contribution in [2.45, 2.75) is 45.1 Å². The molecule has 0 bridgehead atoms. The van der Waals surface area contributed by atoms with E-state index in [9.17, 15) is 15.0 Å². The summed E-state index contributed by atoms with van der Waals surface area (Å²) in [6.45, 7) is 6.35. The molecule has 0 fully saturated rings. The average molecular weight is 406 g/mol. The Hall–Kier alpha value is -3.21. The van der Waals surface area contributed by atoms with E-state index in [0.29, 0.717) is 22.6 Å². The molecule has 2 aliphatic heterocycles. The van der Waals surface area contributed by atoms with Crippen LogP contribution in [-0.2, 0) is 0 Å². The van der Waals surface area contributed by atoms with Gasteiger partial charge in [0.05, 0.1) is 11.5 Å². The molecule has 0 saturated carbocycles. The Morgan fingerprint density at radius 2 is 2.00 bits per heavy atom. The molecule has 2 atom stereocenters. The SMILES string of the molecule is CC(C)=CCCC1(C)C=Cc2cc3c(cc2O1)OCC(c1ccc(O)cc1O)C3=O. The number of ketones is 1. The summed E-state index contributed by atoms with van der Waals surface area (Å²) in [7, 11) is 0. The van der Waals surface area contributed by atoms with Crippen LogP contribution in [0.15, 0.2) is 48.1 Å². The van der Waals surface area contributed by atoms with Crippen molar-refractivity contribution in [3.8, 4) is 23.0 Å². The number of fused-ring (bicyclic) bond motifs is 2. The smallest absolute Gasteiger partial charge is 0.177 e. The summed E-state index contributed by atoms with van der Waals surface area (Å²) >= 11 is 0. The van der Waals surface area contributed by atoms with E-state index in [1.54, 1.807) is 18.2 Å². The first kappa shape index (κ1) is 20.1. The number of rotatable bonds is 4. The van der Waals surface area contributed by atoms with Crippen molar-refractivity contribution in [3.63, 3.8) is 0 Å². The van der Waals surface area contributed by atoms with Crippen LogP contribution in [0.3, 0.4) is 0 Å². The van der Waals surface area contributed by atoms with Crippen LogP contribution in [0.2, 0.25) is 0 Å². The molecule has 156 valence electrons. The van der Waals surface area contributed by atoms with Gasteiger partial charge in [-0.05, 0) is 51.8 Å². The molecule has 5 heteroatoms. The summed E-state index contributed by atoms with van der Waals surface area (Å²) in [6.07, 6.45) is 8.02. The molecule has 5 nitrogen and oxygen atoms in total. The van der Waals surface area contributed by atoms with Gasteiger partial charge in [0.1, 0.15) is 35.2 Å². The Morgan fingerprint density at radius 1 is 1.20 bits per heavy atom. The van der Waals surface area contributed by atoms with E-state index in [0.717, 1.165) is 18.4 Å². The largest absolute Gasteiger partial charge is 0.508 e. The number of hydrogen-bond acceptors (Lipinski definition) is 5. The maximum Gasteiger partial charge on any atom is 0.177 e. The zero-order chi connectivity index (χ0) is 21.5. The van der Waals surface area contributed by atoms with Gasteiger partial charge < -0.3 is 19.7 Å². The lowest BCUT2D eigenvalue weighted by Crippen LogP contribution is -2.32. The minimum Gasteiger partial charge on any atom is -0.508 e. The first-order chi connectivity index (χ1) is 14.3. The van der Waals surface area contributed by atoms with Crippen LogP contribution < -0.4 is 9.47 Å². The van der Waals surface area contributed by atoms with E-state index in [1.807, 2.05) is 12.2 Å². The fourth-order valence-electron chi connectivity index (χ4n) is 3.94. The molecular formula is C25H26O5. The summed E-state index contributed by atoms with van der Waals surface area (Å²) < 4.78 is 12.2. The van der Waals surface area contributed by atoms with E-state index >= 15 is 0 Å². The Kier molecular flexibility index (Phi) is 5.06. The predicted molar refractivity (Wildman–Crippen MR) is 116 cm³/mol. The second-order valence-corrected chi connectivity index (χ2v) is 8.43. The molecule has 2 unspecified atom stereocenters. The fourth-order valence-corrected chi connectivity index (χ4v) is 3.94. The van der Waals surface area contributed by atoms with Gasteiger partial charge in [0.2, 0.25) is 0 Å². The first-order valence-electron chi connectivity index (χ1n) is 10.1. The zero-order valence-electron chi connectivity index (χ0n) is 17.4. The minimum atomic E-state index is -0.626. The number of carbonyl (C=O) groups excluding carboxylic acids is 1. The molecule has 4 rings (SSSR count). The number of hydrogen-bond donors (Lipinski definition) is 2. The van der Waals surface area contributed by atoms with Gasteiger partial charge in [-0.2, -0.15) is 0 Å². The summed E-state index contributed by atoms with van der Waals surface area (Å²) in [5, 5.41) is 19.7. The Balaban J connectivity index is 1.60. The minimum absolute atomic E-state index is 0.0511. The normalized spacial score (nSPS) is 21.8. The summed E-state index contributed by atoms with van der Waals surface area (Å²) in [5.41, 5.74) is 2.63. The van der Waals surface area contributed by atoms with Crippen LogP contribution in [0.25, 0.3) is 6.08 Å². The fraction of sp³-hybridized carbons (Fsp3) is 0.320. The molecule has 0 amide bonds. The number of Topliss-reactive ketones (excluding diaryl/α,β-unsaturated/α-hetero) is 1. The monoisotopic (exact) mass is 406 g/mol. The maximum absolute atomic E-state index is 13.1.